The fourth-order valence-electron chi connectivity index (χ4n) is 1.15. The Bertz CT molecular complexity index is 469. The predicted molar refractivity (Wildman–Crippen MR) is 70.6 cm³/mol. The standard InChI is InChI=1S/C9H12N4OS.C2H6/c1-5(2)15-9-11-6-4-10-8(14-3)12-7(6)13-9;1-2/h4-5H,1-3H3,(H,10,11,12,13);1-2H3. The van der Waals surface area contributed by atoms with Gasteiger partial charge in [0.1, 0.15) is 5.52 Å². The number of aromatic nitrogens is 4. The van der Waals surface area contributed by atoms with Gasteiger partial charge in [0, 0.05) is 5.25 Å². The second-order valence-electron chi connectivity index (χ2n) is 3.30. The number of hydrogen-bond donors (Lipinski definition) is 1. The largest absolute Gasteiger partial charge is 0.467 e. The van der Waals surface area contributed by atoms with Crippen molar-refractivity contribution in [1.82, 2.24) is 19.9 Å². The summed E-state index contributed by atoms with van der Waals surface area (Å²) < 4.78 is 4.93. The van der Waals surface area contributed by atoms with E-state index in [1.165, 1.54) is 7.11 Å². The summed E-state index contributed by atoms with van der Waals surface area (Å²) in [5.74, 6) is 0. The molecule has 0 saturated carbocycles. The van der Waals surface area contributed by atoms with Gasteiger partial charge in [0.2, 0.25) is 0 Å². The maximum absolute atomic E-state index is 4.93. The molecule has 0 radical (unpaired) electrons. The highest BCUT2D eigenvalue weighted by Crippen LogP contribution is 2.22. The van der Waals surface area contributed by atoms with E-state index in [4.69, 9.17) is 4.74 Å². The van der Waals surface area contributed by atoms with Crippen molar-refractivity contribution in [2.75, 3.05) is 7.11 Å². The number of ether oxygens (including phenoxy) is 1. The van der Waals surface area contributed by atoms with Gasteiger partial charge >= 0.3 is 6.01 Å². The molecule has 1 N–H and O–H groups in total. The van der Waals surface area contributed by atoms with E-state index in [0.717, 1.165) is 10.7 Å². The number of rotatable bonds is 3. The first kappa shape index (κ1) is 13.8. The minimum absolute atomic E-state index is 0.343. The number of nitrogens with one attached hydrogen (secondary N) is 1. The van der Waals surface area contributed by atoms with Crippen molar-refractivity contribution in [3.8, 4) is 6.01 Å². The lowest BCUT2D eigenvalue weighted by molar-refractivity contribution is 0.381. The van der Waals surface area contributed by atoms with Crippen molar-refractivity contribution in [3.05, 3.63) is 6.20 Å². The number of imidazole rings is 1. The highest BCUT2D eigenvalue weighted by molar-refractivity contribution is 7.99. The molecule has 2 rings (SSSR count). The van der Waals surface area contributed by atoms with Crippen molar-refractivity contribution in [2.45, 2.75) is 38.1 Å². The summed E-state index contributed by atoms with van der Waals surface area (Å²) in [4.78, 5) is 15.6. The molecule has 0 atom stereocenters. The third-order valence-electron chi connectivity index (χ3n) is 1.73. The lowest BCUT2D eigenvalue weighted by Crippen LogP contribution is -1.90. The number of fused-ring (bicyclic) bond motifs is 1. The van der Waals surface area contributed by atoms with Crippen molar-refractivity contribution < 1.29 is 4.74 Å². The molecule has 0 amide bonds. The first-order valence-electron chi connectivity index (χ1n) is 5.62. The van der Waals surface area contributed by atoms with E-state index < -0.39 is 0 Å². The molecule has 6 heteroatoms. The minimum Gasteiger partial charge on any atom is -0.467 e. The van der Waals surface area contributed by atoms with Crippen molar-refractivity contribution >= 4 is 22.9 Å². The molecule has 0 aliphatic heterocycles. The van der Waals surface area contributed by atoms with Crippen LogP contribution < -0.4 is 4.74 Å². The second kappa shape index (κ2) is 6.44. The van der Waals surface area contributed by atoms with Crippen LogP contribution in [0.4, 0.5) is 0 Å². The van der Waals surface area contributed by atoms with E-state index in [2.05, 4.69) is 33.8 Å². The normalized spacial score (nSPS) is 10.2. The number of aromatic amines is 1. The zero-order valence-corrected chi connectivity index (χ0v) is 11.6. The monoisotopic (exact) mass is 254 g/mol. The van der Waals surface area contributed by atoms with E-state index in [-0.39, 0.29) is 0 Å². The molecule has 0 unspecified atom stereocenters. The lowest BCUT2D eigenvalue weighted by atomic mass is 10.6. The van der Waals surface area contributed by atoms with E-state index in [1.807, 2.05) is 13.8 Å². The summed E-state index contributed by atoms with van der Waals surface area (Å²) >= 11 is 1.66. The molecule has 0 saturated heterocycles. The Kier molecular flexibility index (Phi) is 5.21. The van der Waals surface area contributed by atoms with Gasteiger partial charge in [-0.05, 0) is 0 Å². The van der Waals surface area contributed by atoms with Crippen LogP contribution in [0.2, 0.25) is 0 Å². The first-order chi connectivity index (χ1) is 8.19. The molecule has 0 fully saturated rings. The lowest BCUT2D eigenvalue weighted by Gasteiger charge is -1.97. The van der Waals surface area contributed by atoms with E-state index in [0.29, 0.717) is 16.9 Å². The number of nitrogens with zero attached hydrogens (tertiary/aromatic N) is 3. The smallest absolute Gasteiger partial charge is 0.318 e. The van der Waals surface area contributed by atoms with Crippen LogP contribution in [0.25, 0.3) is 11.2 Å². The quantitative estimate of drug-likeness (QED) is 0.853. The third kappa shape index (κ3) is 3.59. The summed E-state index contributed by atoms with van der Waals surface area (Å²) in [6.45, 7) is 8.23. The summed E-state index contributed by atoms with van der Waals surface area (Å²) in [6.07, 6.45) is 1.68. The van der Waals surface area contributed by atoms with E-state index in [9.17, 15) is 0 Å². The van der Waals surface area contributed by atoms with Crippen LogP contribution >= 0.6 is 11.8 Å². The highest BCUT2D eigenvalue weighted by atomic mass is 32.2. The number of thioether (sulfide) groups is 1. The summed E-state index contributed by atoms with van der Waals surface area (Å²) in [5, 5.41) is 1.35. The number of hydrogen-bond acceptors (Lipinski definition) is 5. The van der Waals surface area contributed by atoms with Crippen LogP contribution in [0.5, 0.6) is 6.01 Å². The van der Waals surface area contributed by atoms with Gasteiger partial charge in [-0.2, -0.15) is 4.98 Å². The fraction of sp³-hybridized carbons (Fsp3) is 0.545. The molecule has 0 aromatic carbocycles. The molecule has 2 aromatic rings. The molecular formula is C11H18N4OS. The van der Waals surface area contributed by atoms with Gasteiger partial charge in [-0.25, -0.2) is 9.97 Å². The van der Waals surface area contributed by atoms with Gasteiger partial charge in [-0.3, -0.25) is 0 Å². The van der Waals surface area contributed by atoms with Crippen LogP contribution in [0.1, 0.15) is 27.7 Å². The molecule has 2 heterocycles. The van der Waals surface area contributed by atoms with Crippen LogP contribution in [0, 0.1) is 0 Å². The zero-order valence-electron chi connectivity index (χ0n) is 10.8. The molecule has 0 spiro atoms. The van der Waals surface area contributed by atoms with Crippen molar-refractivity contribution in [1.29, 1.82) is 0 Å². The number of methoxy groups -OCH3 is 1. The van der Waals surface area contributed by atoms with Gasteiger partial charge in [-0.1, -0.05) is 39.5 Å². The van der Waals surface area contributed by atoms with Crippen molar-refractivity contribution in [3.63, 3.8) is 0 Å². The summed E-state index contributed by atoms with van der Waals surface area (Å²) in [7, 11) is 1.54. The summed E-state index contributed by atoms with van der Waals surface area (Å²) in [5.41, 5.74) is 1.48. The average molecular weight is 254 g/mol. The topological polar surface area (TPSA) is 63.7 Å². The maximum atomic E-state index is 4.93. The molecule has 5 nitrogen and oxygen atoms in total. The molecule has 0 bridgehead atoms. The Labute approximate surface area is 105 Å². The Hall–Kier alpha value is -1.30. The summed E-state index contributed by atoms with van der Waals surface area (Å²) in [6, 6.07) is 0.343. The van der Waals surface area contributed by atoms with Gasteiger partial charge in [-0.15, -0.1) is 0 Å². The maximum Gasteiger partial charge on any atom is 0.318 e. The second-order valence-corrected chi connectivity index (χ2v) is 4.87. The molecule has 94 valence electrons. The third-order valence-corrected chi connectivity index (χ3v) is 2.61. The van der Waals surface area contributed by atoms with Gasteiger partial charge in [0.25, 0.3) is 0 Å². The van der Waals surface area contributed by atoms with Gasteiger partial charge in [0.15, 0.2) is 10.8 Å². The SMILES string of the molecule is CC.COc1ncc2[nH]c(SC(C)C)nc2n1. The Morgan fingerprint density at radius 3 is 2.59 bits per heavy atom. The van der Waals surface area contributed by atoms with Gasteiger partial charge in [0.05, 0.1) is 13.3 Å². The Balaban J connectivity index is 0.000000686. The highest BCUT2D eigenvalue weighted by Gasteiger charge is 2.07. The molecular weight excluding hydrogens is 236 g/mol. The average Bonchev–Trinajstić information content (AvgIpc) is 2.71. The van der Waals surface area contributed by atoms with E-state index >= 15 is 0 Å². The first-order valence-corrected chi connectivity index (χ1v) is 6.50. The zero-order chi connectivity index (χ0) is 12.8. The van der Waals surface area contributed by atoms with Crippen molar-refractivity contribution in [2.24, 2.45) is 0 Å². The van der Waals surface area contributed by atoms with Gasteiger partial charge < -0.3 is 9.72 Å². The van der Waals surface area contributed by atoms with Crippen LogP contribution in [0.3, 0.4) is 0 Å². The van der Waals surface area contributed by atoms with Crippen LogP contribution in [-0.4, -0.2) is 32.3 Å². The molecule has 0 aliphatic carbocycles. The van der Waals surface area contributed by atoms with E-state index in [1.54, 1.807) is 18.0 Å². The molecule has 17 heavy (non-hydrogen) atoms. The number of H-pyrrole nitrogens is 1. The minimum atomic E-state index is 0.343. The molecule has 0 aliphatic rings. The molecule has 2 aromatic heterocycles. The van der Waals surface area contributed by atoms with Crippen LogP contribution in [-0.2, 0) is 0 Å². The predicted octanol–water partition coefficient (Wildman–Crippen LogP) is 2.89. The Morgan fingerprint density at radius 2 is 2.00 bits per heavy atom. The van der Waals surface area contributed by atoms with Crippen LogP contribution in [0.15, 0.2) is 11.4 Å². The Morgan fingerprint density at radius 1 is 1.29 bits per heavy atom. The fourth-order valence-corrected chi connectivity index (χ4v) is 1.90.